The van der Waals surface area contributed by atoms with Crippen molar-refractivity contribution in [1.29, 1.82) is 0 Å². The van der Waals surface area contributed by atoms with Crippen LogP contribution in [0.25, 0.3) is 0 Å². The highest BCUT2D eigenvalue weighted by atomic mass is 19.3. The number of halogens is 2. The molecule has 0 N–H and O–H groups in total. The van der Waals surface area contributed by atoms with Crippen LogP contribution in [0.3, 0.4) is 0 Å². The summed E-state index contributed by atoms with van der Waals surface area (Å²) in [5.74, 6) is 1.24. The molecule has 8 heteroatoms. The maximum atomic E-state index is 12.3. The Bertz CT molecular complexity index is 713. The van der Waals surface area contributed by atoms with Crippen LogP contribution in [-0.2, 0) is 4.79 Å². The lowest BCUT2D eigenvalue weighted by Gasteiger charge is -2.37. The molecule has 1 heterocycles. The second-order valence-electron chi connectivity index (χ2n) is 6.10. The van der Waals surface area contributed by atoms with Crippen LogP contribution in [0.4, 0.5) is 8.78 Å². The predicted octanol–water partition coefficient (Wildman–Crippen LogP) is 4.34. The van der Waals surface area contributed by atoms with Crippen molar-refractivity contribution in [1.82, 2.24) is 9.80 Å². The van der Waals surface area contributed by atoms with Gasteiger partial charge in [0.15, 0.2) is 6.10 Å². The number of rotatable bonds is 7. The van der Waals surface area contributed by atoms with Crippen LogP contribution in [0.5, 0.6) is 11.5 Å². The first-order valence-electron chi connectivity index (χ1n) is 10.0. The summed E-state index contributed by atoms with van der Waals surface area (Å²) >= 11 is 0. The van der Waals surface area contributed by atoms with Crippen LogP contribution in [0.1, 0.15) is 27.7 Å². The van der Waals surface area contributed by atoms with Crippen LogP contribution in [0.2, 0.25) is 0 Å². The normalized spacial score (nSPS) is 15.5. The van der Waals surface area contributed by atoms with Crippen LogP contribution >= 0.6 is 0 Å². The Morgan fingerprint density at radius 3 is 2.03 bits per heavy atom. The van der Waals surface area contributed by atoms with E-state index in [-0.39, 0.29) is 17.8 Å². The van der Waals surface area contributed by atoms with Gasteiger partial charge in [-0.2, -0.15) is 8.78 Å². The van der Waals surface area contributed by atoms with Crippen LogP contribution in [0, 0.1) is 0 Å². The fraction of sp³-hybridized carbons (Fsp3) is 0.455. The summed E-state index contributed by atoms with van der Waals surface area (Å²) in [5.41, 5.74) is 0. The summed E-state index contributed by atoms with van der Waals surface area (Å²) in [6.45, 7) is 10.8. The van der Waals surface area contributed by atoms with Crippen LogP contribution in [0.15, 0.2) is 54.2 Å². The molecule has 1 fully saturated rings. The Balaban J connectivity index is 0.00000218. The van der Waals surface area contributed by atoms with Crippen molar-refractivity contribution >= 4 is 11.7 Å². The van der Waals surface area contributed by atoms with Gasteiger partial charge in [-0.1, -0.05) is 26.5 Å². The lowest BCUT2D eigenvalue weighted by Crippen LogP contribution is -2.53. The van der Waals surface area contributed by atoms with E-state index in [9.17, 15) is 13.6 Å². The van der Waals surface area contributed by atoms with Crippen LogP contribution < -0.4 is 9.47 Å². The maximum Gasteiger partial charge on any atom is 0.387 e. The van der Waals surface area contributed by atoms with Crippen molar-refractivity contribution in [3.63, 3.8) is 0 Å². The van der Waals surface area contributed by atoms with Crippen molar-refractivity contribution in [3.8, 4) is 11.5 Å². The fourth-order valence-corrected chi connectivity index (χ4v) is 2.84. The number of amidine groups is 1. The number of carbonyl (C=O) groups is 1. The lowest BCUT2D eigenvalue weighted by atomic mass is 10.2. The van der Waals surface area contributed by atoms with Crippen molar-refractivity contribution in [2.24, 2.45) is 4.99 Å². The van der Waals surface area contributed by atoms with Crippen molar-refractivity contribution in [2.75, 3.05) is 26.2 Å². The summed E-state index contributed by atoms with van der Waals surface area (Å²) in [6, 6.07) is 6.00. The highest BCUT2D eigenvalue weighted by Gasteiger charge is 2.25. The van der Waals surface area contributed by atoms with Gasteiger partial charge in [-0.3, -0.25) is 4.79 Å². The average Bonchev–Trinajstić information content (AvgIpc) is 2.76. The van der Waals surface area contributed by atoms with Gasteiger partial charge >= 0.3 is 6.61 Å². The van der Waals surface area contributed by atoms with Crippen molar-refractivity contribution < 1.29 is 23.0 Å². The molecule has 0 radical (unpaired) electrons. The number of ether oxygens (including phenoxy) is 2. The smallest absolute Gasteiger partial charge is 0.387 e. The third-order valence-electron chi connectivity index (χ3n) is 4.17. The third-order valence-corrected chi connectivity index (χ3v) is 4.17. The molecule has 0 spiro atoms. The second kappa shape index (κ2) is 13.3. The zero-order chi connectivity index (χ0) is 22.5. The minimum absolute atomic E-state index is 0.0702. The highest BCUT2D eigenvalue weighted by Crippen LogP contribution is 2.21. The first-order valence-corrected chi connectivity index (χ1v) is 10.0. The molecule has 6 nitrogen and oxygen atoms in total. The molecule has 2 rings (SSSR count). The van der Waals surface area contributed by atoms with Crippen molar-refractivity contribution in [2.45, 2.75) is 40.4 Å². The molecule has 1 aromatic carbocycles. The monoisotopic (exact) mass is 423 g/mol. The fourth-order valence-electron chi connectivity index (χ4n) is 2.84. The molecule has 0 saturated carbocycles. The summed E-state index contributed by atoms with van der Waals surface area (Å²) in [6.07, 6.45) is 4.45. The van der Waals surface area contributed by atoms with Gasteiger partial charge in [0.25, 0.3) is 0 Å². The molecule has 0 aliphatic carbocycles. The van der Waals surface area contributed by atoms with Gasteiger partial charge in [-0.15, -0.1) is 0 Å². The molecule has 0 bridgehead atoms. The van der Waals surface area contributed by atoms with Gasteiger partial charge in [-0.05, 0) is 44.2 Å². The number of allylic oxidation sites excluding steroid dienone is 1. The Labute approximate surface area is 177 Å². The van der Waals surface area contributed by atoms with E-state index < -0.39 is 6.61 Å². The van der Waals surface area contributed by atoms with Gasteiger partial charge in [0, 0.05) is 32.4 Å². The number of benzene rings is 1. The molecule has 1 aromatic rings. The first kappa shape index (κ1) is 25.1. The molecule has 1 unspecified atom stereocenters. The highest BCUT2D eigenvalue weighted by molar-refractivity contribution is 5.89. The van der Waals surface area contributed by atoms with E-state index in [4.69, 9.17) is 4.74 Å². The SMILES string of the molecule is C=CC(=O)N1CCN(C(=N/C=C\C)C(C)Oc2ccc(OC(F)F)cc2)CC1.CC. The molecular formula is C22H31F2N3O3. The molecule has 1 aliphatic heterocycles. The Hall–Kier alpha value is -2.90. The van der Waals surface area contributed by atoms with E-state index in [2.05, 4.69) is 21.2 Å². The molecule has 1 amide bonds. The number of hydrogen-bond donors (Lipinski definition) is 0. The van der Waals surface area contributed by atoms with E-state index in [0.717, 1.165) is 5.84 Å². The van der Waals surface area contributed by atoms with Gasteiger partial charge in [0.1, 0.15) is 17.3 Å². The Morgan fingerprint density at radius 2 is 1.57 bits per heavy atom. The van der Waals surface area contributed by atoms with Gasteiger partial charge in [0.2, 0.25) is 5.91 Å². The average molecular weight is 424 g/mol. The second-order valence-corrected chi connectivity index (χ2v) is 6.10. The van der Waals surface area contributed by atoms with Crippen molar-refractivity contribution in [3.05, 3.63) is 49.2 Å². The van der Waals surface area contributed by atoms with Gasteiger partial charge in [0.05, 0.1) is 0 Å². The van der Waals surface area contributed by atoms with Crippen LogP contribution in [-0.4, -0.2) is 60.4 Å². The van der Waals surface area contributed by atoms with E-state index >= 15 is 0 Å². The molecule has 166 valence electrons. The largest absolute Gasteiger partial charge is 0.483 e. The minimum atomic E-state index is -2.86. The molecular weight excluding hydrogens is 392 g/mol. The van der Waals surface area contributed by atoms with Gasteiger partial charge < -0.3 is 19.3 Å². The van der Waals surface area contributed by atoms with E-state index in [1.54, 1.807) is 23.2 Å². The van der Waals surface area contributed by atoms with E-state index in [1.807, 2.05) is 33.8 Å². The Morgan fingerprint density at radius 1 is 1.07 bits per heavy atom. The lowest BCUT2D eigenvalue weighted by molar-refractivity contribution is -0.127. The van der Waals surface area contributed by atoms with E-state index in [0.29, 0.717) is 31.9 Å². The molecule has 1 saturated heterocycles. The maximum absolute atomic E-state index is 12.3. The Kier molecular flexibility index (Phi) is 11.2. The number of piperazine rings is 1. The van der Waals surface area contributed by atoms with Gasteiger partial charge in [-0.25, -0.2) is 4.99 Å². The third kappa shape index (κ3) is 7.85. The number of carbonyl (C=O) groups excluding carboxylic acids is 1. The predicted molar refractivity (Wildman–Crippen MR) is 115 cm³/mol. The number of alkyl halides is 2. The van der Waals surface area contributed by atoms with E-state index in [1.165, 1.54) is 18.2 Å². The molecule has 30 heavy (non-hydrogen) atoms. The zero-order valence-corrected chi connectivity index (χ0v) is 18.1. The summed E-state index contributed by atoms with van der Waals surface area (Å²) in [4.78, 5) is 20.1. The topological polar surface area (TPSA) is 54.4 Å². The zero-order valence-electron chi connectivity index (χ0n) is 18.1. The standard InChI is InChI=1S/C20H25F2N3O3.C2H6/c1-4-10-23-19(25-13-11-24(12-14-25)18(26)5-2)15(3)27-16-6-8-17(9-7-16)28-20(21)22;1-2/h4-10,15,20H,2,11-14H2,1,3H3;1-2H3/b10-4-,23-19?;. The minimum Gasteiger partial charge on any atom is -0.483 e. The molecule has 1 aliphatic rings. The molecule has 0 aromatic heterocycles. The summed E-state index contributed by atoms with van der Waals surface area (Å²) < 4.78 is 34.8. The summed E-state index contributed by atoms with van der Waals surface area (Å²) in [5, 5.41) is 0. The molecule has 1 atom stereocenters. The summed E-state index contributed by atoms with van der Waals surface area (Å²) in [7, 11) is 0. The quantitative estimate of drug-likeness (QED) is 0.372. The number of hydrogen-bond acceptors (Lipinski definition) is 4. The number of amides is 1. The number of aliphatic imine (C=N–C) groups is 1. The first-order chi connectivity index (χ1) is 14.4. The number of nitrogens with zero attached hydrogens (tertiary/aromatic N) is 3.